The van der Waals surface area contributed by atoms with Gasteiger partial charge in [-0.05, 0) is 31.8 Å². The van der Waals surface area contributed by atoms with E-state index in [1.807, 2.05) is 27.0 Å². The van der Waals surface area contributed by atoms with Crippen molar-refractivity contribution < 1.29 is 0 Å². The van der Waals surface area contributed by atoms with Gasteiger partial charge in [0.1, 0.15) is 11.8 Å². The van der Waals surface area contributed by atoms with Gasteiger partial charge >= 0.3 is 0 Å². The van der Waals surface area contributed by atoms with Gasteiger partial charge in [-0.25, -0.2) is 0 Å². The number of aromatic nitrogens is 2. The van der Waals surface area contributed by atoms with E-state index >= 15 is 0 Å². The number of rotatable bonds is 3. The van der Waals surface area contributed by atoms with Crippen LogP contribution < -0.4 is 0 Å². The number of hydrogen-bond donors (Lipinski definition) is 0. The second kappa shape index (κ2) is 4.45. The molecule has 1 aliphatic rings. The molecule has 0 aliphatic heterocycles. The smallest absolute Gasteiger partial charge is 0.146 e. The van der Waals surface area contributed by atoms with Gasteiger partial charge in [0.25, 0.3) is 0 Å². The quantitative estimate of drug-likeness (QED) is 0.761. The first kappa shape index (κ1) is 12.6. The predicted molar refractivity (Wildman–Crippen MR) is 72.9 cm³/mol. The number of nitriles is 1. The average Bonchev–Trinajstić information content (AvgIpc) is 2.93. The molecule has 1 heterocycles. The molecule has 0 aromatic carbocycles. The Labute approximate surface area is 108 Å². The van der Waals surface area contributed by atoms with E-state index in [0.717, 1.165) is 16.8 Å². The molecule has 1 fully saturated rings. The molecule has 3 heteroatoms. The van der Waals surface area contributed by atoms with Crippen LogP contribution in [-0.2, 0) is 7.05 Å². The third-order valence-electron chi connectivity index (χ3n) is 3.65. The molecule has 2 atom stereocenters. The number of nitrogens with zero attached hydrogens (tertiary/aromatic N) is 3. The number of allylic oxidation sites excluding steroid dienone is 3. The predicted octanol–water partition coefficient (Wildman–Crippen LogP) is 3.39. The lowest BCUT2D eigenvalue weighted by molar-refractivity contribution is 0.727. The van der Waals surface area contributed by atoms with Gasteiger partial charge in [0, 0.05) is 18.5 Å². The molecule has 18 heavy (non-hydrogen) atoms. The van der Waals surface area contributed by atoms with Gasteiger partial charge in [0.15, 0.2) is 0 Å². The van der Waals surface area contributed by atoms with E-state index in [1.54, 1.807) is 4.68 Å². The summed E-state index contributed by atoms with van der Waals surface area (Å²) in [6, 6.07) is 2.27. The highest BCUT2D eigenvalue weighted by Gasteiger charge is 2.39. The summed E-state index contributed by atoms with van der Waals surface area (Å²) >= 11 is 0. The van der Waals surface area contributed by atoms with Gasteiger partial charge in [0.05, 0.1) is 5.69 Å². The minimum atomic E-state index is 0.502. The molecule has 0 spiro atoms. The van der Waals surface area contributed by atoms with E-state index < -0.39 is 0 Å². The molecule has 2 unspecified atom stereocenters. The maximum atomic E-state index is 9.34. The lowest BCUT2D eigenvalue weighted by Gasteiger charge is -2.06. The molecule has 0 amide bonds. The second-order valence-corrected chi connectivity index (χ2v) is 5.28. The summed E-state index contributed by atoms with van der Waals surface area (Å²) in [5.41, 5.74) is 4.92. The maximum Gasteiger partial charge on any atom is 0.146 e. The van der Waals surface area contributed by atoms with E-state index in [4.69, 9.17) is 0 Å². The Balaban J connectivity index is 2.67. The standard InChI is InChI=1S/C15H19N3/c1-6-11(9(2)3)14-13(8-16)18(5)17-15(14)12-7-10(12)4/h6,10,12H,1,7H2,2-5H3. The highest BCUT2D eigenvalue weighted by Crippen LogP contribution is 2.49. The van der Waals surface area contributed by atoms with Gasteiger partial charge in [-0.1, -0.05) is 25.2 Å². The second-order valence-electron chi connectivity index (χ2n) is 5.28. The van der Waals surface area contributed by atoms with Crippen molar-refractivity contribution in [1.29, 1.82) is 5.26 Å². The van der Waals surface area contributed by atoms with E-state index in [2.05, 4.69) is 24.7 Å². The van der Waals surface area contributed by atoms with E-state index in [-0.39, 0.29) is 0 Å². The molecular formula is C15H19N3. The molecule has 94 valence electrons. The van der Waals surface area contributed by atoms with E-state index in [0.29, 0.717) is 17.5 Å². The molecule has 3 nitrogen and oxygen atoms in total. The summed E-state index contributed by atoms with van der Waals surface area (Å²) in [5.74, 6) is 1.18. The summed E-state index contributed by atoms with van der Waals surface area (Å²) in [7, 11) is 1.84. The third kappa shape index (κ3) is 1.88. The summed E-state index contributed by atoms with van der Waals surface area (Å²) in [6.45, 7) is 10.2. The molecule has 1 saturated carbocycles. The van der Waals surface area contributed by atoms with Crippen molar-refractivity contribution >= 4 is 5.57 Å². The minimum Gasteiger partial charge on any atom is -0.257 e. The zero-order valence-corrected chi connectivity index (χ0v) is 11.5. The van der Waals surface area contributed by atoms with Crippen LogP contribution in [0.25, 0.3) is 5.57 Å². The molecule has 1 aromatic rings. The first-order chi connectivity index (χ1) is 8.51. The lowest BCUT2D eigenvalue weighted by atomic mass is 9.97. The summed E-state index contributed by atoms with van der Waals surface area (Å²) < 4.78 is 1.70. The van der Waals surface area contributed by atoms with Gasteiger partial charge in [0.2, 0.25) is 0 Å². The van der Waals surface area contributed by atoms with Gasteiger partial charge < -0.3 is 0 Å². The van der Waals surface area contributed by atoms with E-state index in [1.165, 1.54) is 12.0 Å². The molecule has 0 radical (unpaired) electrons. The molecule has 0 bridgehead atoms. The molecule has 0 N–H and O–H groups in total. The Morgan fingerprint density at radius 2 is 2.17 bits per heavy atom. The SMILES string of the molecule is C=CC(=C(C)C)c1c(C2CC2C)nn(C)c1C#N. The molecule has 1 aromatic heterocycles. The van der Waals surface area contributed by atoms with Crippen molar-refractivity contribution in [3.63, 3.8) is 0 Å². The van der Waals surface area contributed by atoms with Crippen LogP contribution in [0, 0.1) is 17.2 Å². The van der Waals surface area contributed by atoms with Crippen LogP contribution in [0.5, 0.6) is 0 Å². The highest BCUT2D eigenvalue weighted by molar-refractivity contribution is 5.80. The number of hydrogen-bond acceptors (Lipinski definition) is 2. The van der Waals surface area contributed by atoms with Crippen molar-refractivity contribution in [3.8, 4) is 6.07 Å². The fraction of sp³-hybridized carbons (Fsp3) is 0.467. The van der Waals surface area contributed by atoms with Gasteiger partial charge in [-0.15, -0.1) is 0 Å². The van der Waals surface area contributed by atoms with Gasteiger partial charge in [-0.3, -0.25) is 4.68 Å². The fourth-order valence-electron chi connectivity index (χ4n) is 2.46. The van der Waals surface area contributed by atoms with E-state index in [9.17, 15) is 5.26 Å². The summed E-state index contributed by atoms with van der Waals surface area (Å²) in [4.78, 5) is 0. The summed E-state index contributed by atoms with van der Waals surface area (Å²) in [5, 5.41) is 13.9. The average molecular weight is 241 g/mol. The Morgan fingerprint density at radius 3 is 2.56 bits per heavy atom. The molecule has 2 rings (SSSR count). The fourth-order valence-corrected chi connectivity index (χ4v) is 2.46. The Hall–Kier alpha value is -1.82. The van der Waals surface area contributed by atoms with Crippen LogP contribution in [0.15, 0.2) is 18.2 Å². The number of aryl methyl sites for hydroxylation is 1. The Morgan fingerprint density at radius 1 is 1.56 bits per heavy atom. The zero-order chi connectivity index (χ0) is 13.4. The Bertz CT molecular complexity index is 565. The monoisotopic (exact) mass is 241 g/mol. The topological polar surface area (TPSA) is 41.6 Å². The van der Waals surface area contributed by atoms with Crippen molar-refractivity contribution in [3.05, 3.63) is 35.2 Å². The Kier molecular flexibility index (Phi) is 3.13. The zero-order valence-electron chi connectivity index (χ0n) is 11.5. The third-order valence-corrected chi connectivity index (χ3v) is 3.65. The van der Waals surface area contributed by atoms with Crippen LogP contribution in [0.1, 0.15) is 50.1 Å². The van der Waals surface area contributed by atoms with Crippen molar-refractivity contribution in [1.82, 2.24) is 9.78 Å². The van der Waals surface area contributed by atoms with Crippen LogP contribution >= 0.6 is 0 Å². The van der Waals surface area contributed by atoms with Crippen LogP contribution in [0.3, 0.4) is 0 Å². The largest absolute Gasteiger partial charge is 0.257 e. The van der Waals surface area contributed by atoms with Crippen molar-refractivity contribution in [2.24, 2.45) is 13.0 Å². The maximum absolute atomic E-state index is 9.34. The van der Waals surface area contributed by atoms with Crippen molar-refractivity contribution in [2.45, 2.75) is 33.1 Å². The normalized spacial score (nSPS) is 21.3. The highest BCUT2D eigenvalue weighted by atomic mass is 15.3. The van der Waals surface area contributed by atoms with Crippen LogP contribution in [-0.4, -0.2) is 9.78 Å². The van der Waals surface area contributed by atoms with Crippen molar-refractivity contribution in [2.75, 3.05) is 0 Å². The first-order valence-corrected chi connectivity index (χ1v) is 6.28. The summed E-state index contributed by atoms with van der Waals surface area (Å²) in [6.07, 6.45) is 3.01. The van der Waals surface area contributed by atoms with Crippen LogP contribution in [0.2, 0.25) is 0 Å². The first-order valence-electron chi connectivity index (χ1n) is 6.28. The van der Waals surface area contributed by atoms with Gasteiger partial charge in [-0.2, -0.15) is 10.4 Å². The molecule has 1 aliphatic carbocycles. The molecular weight excluding hydrogens is 222 g/mol. The molecule has 0 saturated heterocycles. The lowest BCUT2D eigenvalue weighted by Crippen LogP contribution is -1.95. The minimum absolute atomic E-state index is 0.502. The van der Waals surface area contributed by atoms with Crippen LogP contribution in [0.4, 0.5) is 0 Å².